The predicted octanol–water partition coefficient (Wildman–Crippen LogP) is 3.90. The van der Waals surface area contributed by atoms with E-state index in [4.69, 9.17) is 4.52 Å². The Morgan fingerprint density at radius 3 is 2.86 bits per heavy atom. The van der Waals surface area contributed by atoms with E-state index in [2.05, 4.69) is 41.3 Å². The van der Waals surface area contributed by atoms with Crippen molar-refractivity contribution in [1.82, 2.24) is 20.0 Å². The lowest BCUT2D eigenvalue weighted by Crippen LogP contribution is -2.17. The molecule has 0 radical (unpaired) electrons. The smallest absolute Gasteiger partial charge is 0.241 e. The Kier molecular flexibility index (Phi) is 4.66. The van der Waals surface area contributed by atoms with E-state index in [1.54, 1.807) is 11.3 Å². The molecule has 0 aliphatic heterocycles. The van der Waals surface area contributed by atoms with Crippen molar-refractivity contribution in [2.24, 2.45) is 0 Å². The molecule has 2 aromatic heterocycles. The van der Waals surface area contributed by atoms with Gasteiger partial charge >= 0.3 is 0 Å². The van der Waals surface area contributed by atoms with Crippen molar-refractivity contribution in [1.29, 1.82) is 0 Å². The Labute approximate surface area is 141 Å². The van der Waals surface area contributed by atoms with Crippen LogP contribution in [0, 0.1) is 6.92 Å². The lowest BCUT2D eigenvalue weighted by atomic mass is 10.2. The van der Waals surface area contributed by atoms with Gasteiger partial charge in [-0.25, -0.2) is 4.98 Å². The maximum Gasteiger partial charge on any atom is 0.241 e. The van der Waals surface area contributed by atoms with Crippen molar-refractivity contribution in [3.05, 3.63) is 50.7 Å². The largest absolute Gasteiger partial charge is 0.338 e. The van der Waals surface area contributed by atoms with E-state index in [9.17, 15) is 0 Å². The van der Waals surface area contributed by atoms with E-state index in [1.807, 2.05) is 38.2 Å². The molecule has 0 bridgehead atoms. The number of hydrogen-bond donors (Lipinski definition) is 0. The zero-order chi connectivity index (χ0) is 15.5. The van der Waals surface area contributed by atoms with Gasteiger partial charge in [0.25, 0.3) is 0 Å². The summed E-state index contributed by atoms with van der Waals surface area (Å²) < 4.78 is 6.33. The van der Waals surface area contributed by atoms with E-state index in [1.165, 1.54) is 0 Å². The highest BCUT2D eigenvalue weighted by Crippen LogP contribution is 2.20. The lowest BCUT2D eigenvalue weighted by Gasteiger charge is -2.11. The Hall–Kier alpha value is -1.57. The van der Waals surface area contributed by atoms with Crippen molar-refractivity contribution >= 4 is 27.3 Å². The van der Waals surface area contributed by atoms with Crippen LogP contribution in [-0.4, -0.2) is 27.1 Å². The molecule has 7 heteroatoms. The summed E-state index contributed by atoms with van der Waals surface area (Å²) >= 11 is 5.11. The maximum absolute atomic E-state index is 5.34. The minimum atomic E-state index is 0.595. The predicted molar refractivity (Wildman–Crippen MR) is 89.5 cm³/mol. The molecule has 1 aromatic carbocycles. The lowest BCUT2D eigenvalue weighted by molar-refractivity contribution is 0.259. The molecule has 5 nitrogen and oxygen atoms in total. The van der Waals surface area contributed by atoms with E-state index in [0.29, 0.717) is 18.3 Å². The number of rotatable bonds is 5. The first-order valence-corrected chi connectivity index (χ1v) is 8.45. The number of aromatic nitrogens is 3. The van der Waals surface area contributed by atoms with Gasteiger partial charge in [-0.15, -0.1) is 11.3 Å². The van der Waals surface area contributed by atoms with Crippen LogP contribution in [0.2, 0.25) is 0 Å². The third kappa shape index (κ3) is 3.79. The molecule has 0 spiro atoms. The van der Waals surface area contributed by atoms with Crippen LogP contribution in [-0.2, 0) is 13.1 Å². The van der Waals surface area contributed by atoms with Crippen LogP contribution in [0.5, 0.6) is 0 Å². The van der Waals surface area contributed by atoms with Crippen LogP contribution in [0.4, 0.5) is 0 Å². The SMILES string of the molecule is Cc1nc(CN(C)Cc2nc(-c3cccc(Br)c3)no2)cs1. The zero-order valence-corrected chi connectivity index (χ0v) is 14.7. The normalized spacial score (nSPS) is 11.3. The van der Waals surface area contributed by atoms with Crippen LogP contribution >= 0.6 is 27.3 Å². The van der Waals surface area contributed by atoms with Gasteiger partial charge in [-0.05, 0) is 26.1 Å². The summed E-state index contributed by atoms with van der Waals surface area (Å²) in [7, 11) is 2.01. The Balaban J connectivity index is 1.66. The van der Waals surface area contributed by atoms with Gasteiger partial charge in [0, 0.05) is 22.0 Å². The Morgan fingerprint density at radius 2 is 2.14 bits per heavy atom. The fourth-order valence-corrected chi connectivity index (χ4v) is 3.11. The number of benzene rings is 1. The van der Waals surface area contributed by atoms with Crippen molar-refractivity contribution in [3.63, 3.8) is 0 Å². The first kappa shape index (κ1) is 15.3. The summed E-state index contributed by atoms with van der Waals surface area (Å²) in [4.78, 5) is 11.0. The molecule has 0 saturated carbocycles. The summed E-state index contributed by atoms with van der Waals surface area (Å²) in [6, 6.07) is 7.85. The van der Waals surface area contributed by atoms with Crippen LogP contribution in [0.25, 0.3) is 11.4 Å². The van der Waals surface area contributed by atoms with Gasteiger partial charge in [-0.3, -0.25) is 4.90 Å². The third-order valence-corrected chi connectivity index (χ3v) is 4.37. The summed E-state index contributed by atoms with van der Waals surface area (Å²) in [5.41, 5.74) is 2.00. The second-order valence-electron chi connectivity index (χ2n) is 5.05. The second kappa shape index (κ2) is 6.68. The quantitative estimate of drug-likeness (QED) is 0.673. The number of halogens is 1. The molecule has 0 fully saturated rings. The van der Waals surface area contributed by atoms with Crippen LogP contribution < -0.4 is 0 Å². The molecule has 22 heavy (non-hydrogen) atoms. The first-order chi connectivity index (χ1) is 10.6. The molecule has 0 saturated heterocycles. The molecule has 3 aromatic rings. The van der Waals surface area contributed by atoms with Gasteiger partial charge in [0.05, 0.1) is 17.2 Å². The van der Waals surface area contributed by atoms with E-state index in [0.717, 1.165) is 27.3 Å². The van der Waals surface area contributed by atoms with E-state index >= 15 is 0 Å². The van der Waals surface area contributed by atoms with E-state index < -0.39 is 0 Å². The summed E-state index contributed by atoms with van der Waals surface area (Å²) in [6.45, 7) is 3.37. The standard InChI is InChI=1S/C15H15BrN4OS/c1-10-17-13(9-22-10)7-20(2)8-14-18-15(19-21-14)11-4-3-5-12(16)6-11/h3-6,9H,7-8H2,1-2H3. The van der Waals surface area contributed by atoms with Crippen molar-refractivity contribution in [2.45, 2.75) is 20.0 Å². The molecule has 0 aliphatic carbocycles. The van der Waals surface area contributed by atoms with E-state index in [-0.39, 0.29) is 0 Å². The number of hydrogen-bond acceptors (Lipinski definition) is 6. The molecule has 114 valence electrons. The summed E-state index contributed by atoms with van der Waals surface area (Å²) in [6.07, 6.45) is 0. The molecule has 0 N–H and O–H groups in total. The van der Waals surface area contributed by atoms with Gasteiger partial charge < -0.3 is 4.52 Å². The highest BCUT2D eigenvalue weighted by Gasteiger charge is 2.12. The van der Waals surface area contributed by atoms with Crippen LogP contribution in [0.3, 0.4) is 0 Å². The summed E-state index contributed by atoms with van der Waals surface area (Å²) in [5.74, 6) is 1.21. The fraction of sp³-hybridized carbons (Fsp3) is 0.267. The zero-order valence-electron chi connectivity index (χ0n) is 12.3. The highest BCUT2D eigenvalue weighted by molar-refractivity contribution is 9.10. The topological polar surface area (TPSA) is 55.1 Å². The van der Waals surface area contributed by atoms with Gasteiger partial charge in [-0.2, -0.15) is 4.98 Å². The molecule has 3 rings (SSSR count). The third-order valence-electron chi connectivity index (χ3n) is 3.05. The Bertz CT molecular complexity index is 770. The molecule has 2 heterocycles. The Morgan fingerprint density at radius 1 is 1.27 bits per heavy atom. The maximum atomic E-state index is 5.34. The van der Waals surface area contributed by atoms with Gasteiger partial charge in [0.1, 0.15) is 0 Å². The van der Waals surface area contributed by atoms with Crippen LogP contribution in [0.1, 0.15) is 16.6 Å². The monoisotopic (exact) mass is 378 g/mol. The number of aryl methyl sites for hydroxylation is 1. The van der Waals surface area contributed by atoms with Crippen molar-refractivity contribution in [3.8, 4) is 11.4 Å². The van der Waals surface area contributed by atoms with Crippen molar-refractivity contribution in [2.75, 3.05) is 7.05 Å². The number of thiazole rings is 1. The second-order valence-corrected chi connectivity index (χ2v) is 7.03. The highest BCUT2D eigenvalue weighted by atomic mass is 79.9. The van der Waals surface area contributed by atoms with Crippen LogP contribution in [0.15, 0.2) is 38.6 Å². The molecule has 0 atom stereocenters. The minimum absolute atomic E-state index is 0.595. The van der Waals surface area contributed by atoms with Gasteiger partial charge in [0.15, 0.2) is 0 Å². The average Bonchev–Trinajstić information content (AvgIpc) is 3.08. The minimum Gasteiger partial charge on any atom is -0.338 e. The first-order valence-electron chi connectivity index (χ1n) is 6.78. The molecule has 0 unspecified atom stereocenters. The molecule has 0 amide bonds. The molecule has 0 aliphatic rings. The van der Waals surface area contributed by atoms with Gasteiger partial charge in [-0.1, -0.05) is 33.2 Å². The average molecular weight is 379 g/mol. The number of nitrogens with zero attached hydrogens (tertiary/aromatic N) is 4. The van der Waals surface area contributed by atoms with Gasteiger partial charge in [0.2, 0.25) is 11.7 Å². The van der Waals surface area contributed by atoms with Crippen molar-refractivity contribution < 1.29 is 4.52 Å². The molecular formula is C15H15BrN4OS. The molecular weight excluding hydrogens is 364 g/mol. The summed E-state index contributed by atoms with van der Waals surface area (Å²) in [5, 5.41) is 7.20. The fourth-order valence-electron chi connectivity index (χ4n) is 2.11.